The molecule has 1 N–H and O–H groups in total. The highest BCUT2D eigenvalue weighted by Gasteiger charge is 2.39. The van der Waals surface area contributed by atoms with Gasteiger partial charge in [-0.3, -0.25) is 24.7 Å². The monoisotopic (exact) mass is 455 g/mol. The molecule has 3 aliphatic rings. The number of amides is 2. The van der Waals surface area contributed by atoms with Crippen LogP contribution in [0.3, 0.4) is 0 Å². The molecule has 0 radical (unpaired) electrons. The number of carbonyl (C=O) groups is 2. The van der Waals surface area contributed by atoms with Crippen LogP contribution in [0.1, 0.15) is 34.9 Å². The van der Waals surface area contributed by atoms with Gasteiger partial charge in [-0.05, 0) is 35.2 Å². The normalized spacial score (nSPS) is 24.5. The van der Waals surface area contributed by atoms with E-state index in [1.54, 1.807) is 12.3 Å². The number of nitrogens with zero attached hydrogens (tertiary/aromatic N) is 4. The summed E-state index contributed by atoms with van der Waals surface area (Å²) >= 11 is 4.77. The zero-order chi connectivity index (χ0) is 22.2. The zero-order valence-corrected chi connectivity index (χ0v) is 18.6. The molecule has 32 heavy (non-hydrogen) atoms. The summed E-state index contributed by atoms with van der Waals surface area (Å²) in [6.45, 7) is 4.62. The Kier molecular flexibility index (Phi) is 5.88. The lowest BCUT2D eigenvalue weighted by molar-refractivity contribution is -0.137. The van der Waals surface area contributed by atoms with Gasteiger partial charge in [0.25, 0.3) is 0 Å². The number of hydrogen-bond donors (Lipinski definition) is 2. The number of aromatic nitrogens is 1. The molecule has 1 aromatic carbocycles. The second-order valence-electron chi connectivity index (χ2n) is 8.62. The summed E-state index contributed by atoms with van der Waals surface area (Å²) in [4.78, 5) is 34.4. The van der Waals surface area contributed by atoms with Crippen LogP contribution in [0.4, 0.5) is 10.2 Å². The van der Waals surface area contributed by atoms with Crippen molar-refractivity contribution in [1.82, 2.24) is 20.1 Å². The summed E-state index contributed by atoms with van der Waals surface area (Å²) in [6.07, 6.45) is 2.52. The molecular weight excluding hydrogens is 429 g/mol. The van der Waals surface area contributed by atoms with Gasteiger partial charge in [0.15, 0.2) is 11.6 Å². The van der Waals surface area contributed by atoms with Gasteiger partial charge in [0.05, 0.1) is 11.4 Å². The van der Waals surface area contributed by atoms with E-state index < -0.39 is 0 Å². The first kappa shape index (κ1) is 21.4. The van der Waals surface area contributed by atoms with Crippen molar-refractivity contribution in [3.8, 4) is 0 Å². The molecule has 9 heteroatoms. The van der Waals surface area contributed by atoms with Crippen molar-refractivity contribution in [1.29, 1.82) is 0 Å². The summed E-state index contributed by atoms with van der Waals surface area (Å²) in [5.74, 6) is -0.276. The maximum absolute atomic E-state index is 14.0. The first-order valence-electron chi connectivity index (χ1n) is 11.0. The number of halogens is 1. The second-order valence-corrected chi connectivity index (χ2v) is 9.11. The SMILES string of the molecule is O=C1CCC(N2Cc3cc(CN4CCN(c5ncccc5F)CC4)ccc3C2S)C(=O)N1. The van der Waals surface area contributed by atoms with E-state index in [2.05, 4.69) is 38.3 Å². The third kappa shape index (κ3) is 4.12. The van der Waals surface area contributed by atoms with Gasteiger partial charge in [-0.15, -0.1) is 0 Å². The molecule has 2 amide bonds. The average molecular weight is 456 g/mol. The molecule has 2 atom stereocenters. The molecule has 2 saturated heterocycles. The van der Waals surface area contributed by atoms with Gasteiger partial charge in [-0.25, -0.2) is 9.37 Å². The molecule has 2 fully saturated rings. The van der Waals surface area contributed by atoms with Gasteiger partial charge in [0, 0.05) is 51.9 Å². The van der Waals surface area contributed by atoms with Crippen LogP contribution in [-0.4, -0.2) is 58.8 Å². The molecule has 168 valence electrons. The summed E-state index contributed by atoms with van der Waals surface area (Å²) in [7, 11) is 0. The van der Waals surface area contributed by atoms with Crippen LogP contribution < -0.4 is 10.2 Å². The van der Waals surface area contributed by atoms with Crippen molar-refractivity contribution in [3.63, 3.8) is 0 Å². The Morgan fingerprint density at radius 2 is 1.97 bits per heavy atom. The molecule has 5 rings (SSSR count). The van der Waals surface area contributed by atoms with Crippen LogP contribution in [0, 0.1) is 5.82 Å². The number of piperazine rings is 1. The Bertz CT molecular complexity index is 1040. The fraction of sp³-hybridized carbons (Fsp3) is 0.435. The quantitative estimate of drug-likeness (QED) is 0.544. The van der Waals surface area contributed by atoms with Crippen LogP contribution >= 0.6 is 12.6 Å². The number of benzene rings is 1. The average Bonchev–Trinajstić information content (AvgIpc) is 3.10. The molecule has 0 spiro atoms. The van der Waals surface area contributed by atoms with Crippen molar-refractivity contribution in [2.75, 3.05) is 31.1 Å². The van der Waals surface area contributed by atoms with E-state index in [0.29, 0.717) is 25.2 Å². The number of fused-ring (bicyclic) bond motifs is 1. The number of rotatable bonds is 4. The minimum Gasteiger partial charge on any atom is -0.352 e. The third-order valence-electron chi connectivity index (χ3n) is 6.58. The van der Waals surface area contributed by atoms with E-state index in [1.807, 2.05) is 4.90 Å². The Balaban J connectivity index is 1.21. The number of hydrogen-bond acceptors (Lipinski definition) is 7. The number of thiol groups is 1. The summed E-state index contributed by atoms with van der Waals surface area (Å²) in [5, 5.41) is 2.29. The highest BCUT2D eigenvalue weighted by atomic mass is 32.1. The first-order chi connectivity index (χ1) is 15.5. The number of imide groups is 1. The van der Waals surface area contributed by atoms with Crippen LogP contribution in [0.25, 0.3) is 0 Å². The minimum absolute atomic E-state index is 0.153. The van der Waals surface area contributed by atoms with Gasteiger partial charge < -0.3 is 4.90 Å². The van der Waals surface area contributed by atoms with Gasteiger partial charge in [0.2, 0.25) is 11.8 Å². The van der Waals surface area contributed by atoms with Crippen LogP contribution in [0.5, 0.6) is 0 Å². The molecule has 4 heterocycles. The molecule has 7 nitrogen and oxygen atoms in total. The smallest absolute Gasteiger partial charge is 0.243 e. The van der Waals surface area contributed by atoms with Crippen LogP contribution in [0.2, 0.25) is 0 Å². The van der Waals surface area contributed by atoms with Gasteiger partial charge >= 0.3 is 0 Å². The topological polar surface area (TPSA) is 68.8 Å². The van der Waals surface area contributed by atoms with Gasteiger partial charge in [-0.1, -0.05) is 18.2 Å². The van der Waals surface area contributed by atoms with Crippen LogP contribution in [0.15, 0.2) is 36.5 Å². The maximum Gasteiger partial charge on any atom is 0.243 e. The number of carbonyl (C=O) groups excluding carboxylic acids is 2. The predicted octanol–water partition coefficient (Wildman–Crippen LogP) is 2.09. The van der Waals surface area contributed by atoms with Crippen LogP contribution in [-0.2, 0) is 22.7 Å². The minimum atomic E-state index is -0.328. The lowest BCUT2D eigenvalue weighted by Crippen LogP contribution is -2.51. The molecule has 1 aromatic heterocycles. The van der Waals surface area contributed by atoms with E-state index in [1.165, 1.54) is 17.2 Å². The van der Waals surface area contributed by atoms with E-state index in [4.69, 9.17) is 12.6 Å². The van der Waals surface area contributed by atoms with E-state index in [-0.39, 0.29) is 29.0 Å². The van der Waals surface area contributed by atoms with E-state index in [0.717, 1.165) is 38.3 Å². The van der Waals surface area contributed by atoms with Crippen molar-refractivity contribution in [2.24, 2.45) is 0 Å². The Hall–Kier alpha value is -2.49. The van der Waals surface area contributed by atoms with Crippen molar-refractivity contribution in [2.45, 2.75) is 37.3 Å². The Labute approximate surface area is 192 Å². The molecule has 0 bridgehead atoms. The lowest BCUT2D eigenvalue weighted by Gasteiger charge is -2.35. The van der Waals surface area contributed by atoms with Gasteiger partial charge in [0.1, 0.15) is 0 Å². The van der Waals surface area contributed by atoms with Crippen molar-refractivity contribution >= 4 is 30.3 Å². The molecule has 2 aromatic rings. The fourth-order valence-electron chi connectivity index (χ4n) is 4.87. The number of piperidine rings is 1. The maximum atomic E-state index is 14.0. The number of anilines is 1. The predicted molar refractivity (Wildman–Crippen MR) is 122 cm³/mol. The third-order valence-corrected chi connectivity index (χ3v) is 7.15. The fourth-order valence-corrected chi connectivity index (χ4v) is 5.37. The molecular formula is C23H26FN5O2S. The largest absolute Gasteiger partial charge is 0.352 e. The van der Waals surface area contributed by atoms with Crippen molar-refractivity contribution in [3.05, 3.63) is 59.0 Å². The van der Waals surface area contributed by atoms with Gasteiger partial charge in [-0.2, -0.15) is 12.6 Å². The summed E-state index contributed by atoms with van der Waals surface area (Å²) in [5.41, 5.74) is 3.52. The first-order valence-corrected chi connectivity index (χ1v) is 11.5. The van der Waals surface area contributed by atoms with E-state index in [9.17, 15) is 14.0 Å². The lowest BCUT2D eigenvalue weighted by atomic mass is 10.0. The second kappa shape index (κ2) is 8.80. The summed E-state index contributed by atoms with van der Waals surface area (Å²) < 4.78 is 14.0. The van der Waals surface area contributed by atoms with Crippen molar-refractivity contribution < 1.29 is 14.0 Å². The molecule has 0 aliphatic carbocycles. The standard InChI is InChI=1S/C23H26FN5O2S/c24-18-2-1-7-25-21(18)28-10-8-27(9-11-28)13-15-3-4-17-16(12-15)14-29(23(17)32)19-5-6-20(30)26-22(19)31/h1-4,7,12,19,23,32H,5-6,8-11,13-14H2,(H,26,30,31). The Morgan fingerprint density at radius 3 is 2.72 bits per heavy atom. The van der Waals surface area contributed by atoms with E-state index >= 15 is 0 Å². The number of nitrogens with one attached hydrogen (secondary N) is 1. The Morgan fingerprint density at radius 1 is 1.16 bits per heavy atom. The molecule has 3 aliphatic heterocycles. The zero-order valence-electron chi connectivity index (χ0n) is 17.7. The number of pyridine rings is 1. The summed E-state index contributed by atoms with van der Waals surface area (Å²) in [6, 6.07) is 9.17. The molecule has 0 saturated carbocycles. The highest BCUT2D eigenvalue weighted by molar-refractivity contribution is 7.80. The molecule has 2 unspecified atom stereocenters. The highest BCUT2D eigenvalue weighted by Crippen LogP contribution is 2.39.